The average molecular weight is 322 g/mol. The lowest BCUT2D eigenvalue weighted by atomic mass is 9.71. The molecule has 0 radical (unpaired) electrons. The minimum absolute atomic E-state index is 0.130. The van der Waals surface area contributed by atoms with Crippen LogP contribution in [0.5, 0.6) is 0 Å². The Hall–Kier alpha value is -1.52. The molecule has 2 aliphatic heterocycles. The summed E-state index contributed by atoms with van der Waals surface area (Å²) in [6.45, 7) is 11.2. The molecule has 0 aromatic rings. The van der Waals surface area contributed by atoms with Gasteiger partial charge in [0.15, 0.2) is 0 Å². The number of hydrogen-bond acceptors (Lipinski definition) is 3. The molecule has 1 atom stereocenters. The third-order valence-corrected chi connectivity index (χ3v) is 5.58. The summed E-state index contributed by atoms with van der Waals surface area (Å²) in [7, 11) is 0. The van der Waals surface area contributed by atoms with Crippen molar-refractivity contribution in [2.75, 3.05) is 32.8 Å². The first-order valence-corrected chi connectivity index (χ1v) is 8.83. The lowest BCUT2D eigenvalue weighted by molar-refractivity contribution is -0.138. The summed E-state index contributed by atoms with van der Waals surface area (Å²) in [6.07, 6.45) is 6.41. The Kier molecular flexibility index (Phi) is 6.08. The van der Waals surface area contributed by atoms with Crippen LogP contribution in [0.3, 0.4) is 0 Å². The summed E-state index contributed by atoms with van der Waals surface area (Å²) in [5.74, 6) is 0.429. The van der Waals surface area contributed by atoms with Gasteiger partial charge in [-0.2, -0.15) is 0 Å². The van der Waals surface area contributed by atoms with Crippen molar-refractivity contribution in [1.82, 2.24) is 9.80 Å². The van der Waals surface area contributed by atoms with Crippen LogP contribution in [0.1, 0.15) is 46.0 Å². The van der Waals surface area contributed by atoms with Crippen LogP contribution >= 0.6 is 0 Å². The fraction of sp³-hybridized carbons (Fsp3) is 0.778. The molecule has 2 aliphatic rings. The maximum absolute atomic E-state index is 12.3. The number of rotatable bonds is 4. The fourth-order valence-electron chi connectivity index (χ4n) is 3.57. The molecule has 0 aromatic heterocycles. The normalized spacial score (nSPS) is 21.8. The first-order chi connectivity index (χ1) is 11.0. The zero-order valence-corrected chi connectivity index (χ0v) is 14.6. The number of carbonyl (C=O) groups is 2. The first kappa shape index (κ1) is 17.8. The van der Waals surface area contributed by atoms with Gasteiger partial charge in [-0.15, -0.1) is 0 Å². The van der Waals surface area contributed by atoms with E-state index in [2.05, 4.69) is 13.5 Å². The predicted octanol–water partition coefficient (Wildman–Crippen LogP) is 3.06. The van der Waals surface area contributed by atoms with E-state index in [4.69, 9.17) is 4.74 Å². The average Bonchev–Trinajstić information content (AvgIpc) is 2.59. The van der Waals surface area contributed by atoms with Gasteiger partial charge in [0.1, 0.15) is 6.61 Å². The summed E-state index contributed by atoms with van der Waals surface area (Å²) >= 11 is 0. The van der Waals surface area contributed by atoms with E-state index in [9.17, 15) is 9.59 Å². The van der Waals surface area contributed by atoms with Crippen molar-refractivity contribution in [2.24, 2.45) is 11.3 Å². The molecule has 130 valence electrons. The van der Waals surface area contributed by atoms with Gasteiger partial charge in [-0.1, -0.05) is 26.5 Å². The highest BCUT2D eigenvalue weighted by Crippen LogP contribution is 2.41. The molecule has 2 saturated heterocycles. The number of likely N-dealkylation sites (tertiary alicyclic amines) is 2. The van der Waals surface area contributed by atoms with Gasteiger partial charge < -0.3 is 14.5 Å². The van der Waals surface area contributed by atoms with Gasteiger partial charge in [0.05, 0.1) is 0 Å². The van der Waals surface area contributed by atoms with Gasteiger partial charge in [0.2, 0.25) is 5.91 Å². The number of nitrogens with zero attached hydrogens (tertiary/aromatic N) is 2. The second-order valence-corrected chi connectivity index (χ2v) is 6.99. The standard InChI is InChI=1S/C18H30N2O3/c1-4-14-23-17(22)20-12-8-18(9-13-20)6-10-19(11-7-18)16(21)15(3)5-2/h4,15H,1,5-14H2,2-3H3. The largest absolute Gasteiger partial charge is 0.445 e. The second-order valence-electron chi connectivity index (χ2n) is 6.99. The predicted molar refractivity (Wildman–Crippen MR) is 90.1 cm³/mol. The molecule has 0 bridgehead atoms. The van der Waals surface area contributed by atoms with Crippen molar-refractivity contribution in [3.05, 3.63) is 12.7 Å². The van der Waals surface area contributed by atoms with Crippen LogP contribution in [0.15, 0.2) is 12.7 Å². The molecule has 0 aromatic carbocycles. The maximum atomic E-state index is 12.3. The third-order valence-electron chi connectivity index (χ3n) is 5.58. The summed E-state index contributed by atoms with van der Waals surface area (Å²) in [4.78, 5) is 28.0. The quantitative estimate of drug-likeness (QED) is 0.748. The van der Waals surface area contributed by atoms with Gasteiger partial charge in [0.25, 0.3) is 0 Å². The number of piperidine rings is 2. The molecule has 0 aliphatic carbocycles. The van der Waals surface area contributed by atoms with Crippen LogP contribution in [0.2, 0.25) is 0 Å². The van der Waals surface area contributed by atoms with E-state index < -0.39 is 0 Å². The summed E-state index contributed by atoms with van der Waals surface area (Å²) in [6, 6.07) is 0. The number of hydrogen-bond donors (Lipinski definition) is 0. The van der Waals surface area contributed by atoms with Crippen molar-refractivity contribution >= 4 is 12.0 Å². The molecule has 1 spiro atoms. The number of carbonyl (C=O) groups excluding carboxylic acids is 2. The van der Waals surface area contributed by atoms with Crippen molar-refractivity contribution in [3.63, 3.8) is 0 Å². The maximum Gasteiger partial charge on any atom is 0.410 e. The Morgan fingerprint density at radius 3 is 2.13 bits per heavy atom. The topological polar surface area (TPSA) is 49.9 Å². The SMILES string of the molecule is C=CCOC(=O)N1CCC2(CC1)CCN(C(=O)C(C)CC)CC2. The van der Waals surface area contributed by atoms with Crippen LogP contribution in [0.25, 0.3) is 0 Å². The Morgan fingerprint density at radius 2 is 1.65 bits per heavy atom. The molecule has 2 fully saturated rings. The monoisotopic (exact) mass is 322 g/mol. The van der Waals surface area contributed by atoms with E-state index in [0.717, 1.165) is 58.3 Å². The van der Waals surface area contributed by atoms with Crippen LogP contribution in [-0.4, -0.2) is 54.6 Å². The number of amides is 2. The highest BCUT2D eigenvalue weighted by Gasteiger charge is 2.40. The van der Waals surface area contributed by atoms with E-state index in [0.29, 0.717) is 11.3 Å². The minimum Gasteiger partial charge on any atom is -0.445 e. The highest BCUT2D eigenvalue weighted by molar-refractivity contribution is 5.78. The van der Waals surface area contributed by atoms with E-state index in [1.54, 1.807) is 11.0 Å². The molecule has 1 unspecified atom stereocenters. The van der Waals surface area contributed by atoms with Gasteiger partial charge in [-0.3, -0.25) is 4.79 Å². The highest BCUT2D eigenvalue weighted by atomic mass is 16.6. The molecule has 5 heteroatoms. The lowest BCUT2D eigenvalue weighted by Crippen LogP contribution is -2.50. The van der Waals surface area contributed by atoms with Gasteiger partial charge in [-0.25, -0.2) is 4.79 Å². The molecule has 2 rings (SSSR count). The second kappa shape index (κ2) is 7.84. The van der Waals surface area contributed by atoms with Crippen molar-refractivity contribution < 1.29 is 14.3 Å². The first-order valence-electron chi connectivity index (χ1n) is 8.83. The van der Waals surface area contributed by atoms with Crippen molar-refractivity contribution in [2.45, 2.75) is 46.0 Å². The molecular weight excluding hydrogens is 292 g/mol. The third kappa shape index (κ3) is 4.27. The van der Waals surface area contributed by atoms with Gasteiger partial charge in [0, 0.05) is 32.1 Å². The van der Waals surface area contributed by atoms with Crippen LogP contribution in [-0.2, 0) is 9.53 Å². The number of ether oxygens (including phenoxy) is 1. The summed E-state index contributed by atoms with van der Waals surface area (Å²) in [5.41, 5.74) is 0.307. The van der Waals surface area contributed by atoms with E-state index in [-0.39, 0.29) is 18.6 Å². The van der Waals surface area contributed by atoms with E-state index in [1.807, 2.05) is 11.8 Å². The fourth-order valence-corrected chi connectivity index (χ4v) is 3.57. The molecule has 23 heavy (non-hydrogen) atoms. The smallest absolute Gasteiger partial charge is 0.410 e. The molecule has 2 heterocycles. The van der Waals surface area contributed by atoms with Crippen LogP contribution < -0.4 is 0 Å². The minimum atomic E-state index is -0.232. The Balaban J connectivity index is 1.80. The van der Waals surface area contributed by atoms with E-state index in [1.165, 1.54) is 0 Å². The zero-order valence-electron chi connectivity index (χ0n) is 14.6. The Bertz CT molecular complexity index is 432. The Morgan fingerprint density at radius 1 is 1.13 bits per heavy atom. The molecular formula is C18H30N2O3. The molecule has 2 amide bonds. The van der Waals surface area contributed by atoms with Crippen LogP contribution in [0.4, 0.5) is 4.79 Å². The van der Waals surface area contributed by atoms with Crippen molar-refractivity contribution in [1.29, 1.82) is 0 Å². The lowest BCUT2D eigenvalue weighted by Gasteiger charge is -2.46. The summed E-state index contributed by atoms with van der Waals surface area (Å²) in [5, 5.41) is 0. The zero-order chi connectivity index (χ0) is 16.9. The Labute approximate surface area is 139 Å². The molecule has 5 nitrogen and oxygen atoms in total. The molecule has 0 saturated carbocycles. The van der Waals surface area contributed by atoms with Crippen molar-refractivity contribution in [3.8, 4) is 0 Å². The van der Waals surface area contributed by atoms with E-state index >= 15 is 0 Å². The van der Waals surface area contributed by atoms with Gasteiger partial charge >= 0.3 is 6.09 Å². The van der Waals surface area contributed by atoms with Crippen LogP contribution in [0, 0.1) is 11.3 Å². The summed E-state index contributed by atoms with van der Waals surface area (Å²) < 4.78 is 5.11. The molecule has 0 N–H and O–H groups in total. The van der Waals surface area contributed by atoms with Gasteiger partial charge in [-0.05, 0) is 37.5 Å².